The fourth-order valence-corrected chi connectivity index (χ4v) is 3.62. The number of pyridine rings is 1. The molecular weight excluding hydrogens is 340 g/mol. The van der Waals surface area contributed by atoms with Crippen molar-refractivity contribution >= 4 is 11.6 Å². The Bertz CT molecular complexity index is 839. The molecule has 1 aromatic heterocycles. The second-order valence-electron chi connectivity index (χ2n) is 7.21. The van der Waals surface area contributed by atoms with E-state index in [0.717, 1.165) is 31.5 Å². The minimum atomic E-state index is -0.0543. The van der Waals surface area contributed by atoms with Crippen molar-refractivity contribution in [1.29, 1.82) is 0 Å². The lowest BCUT2D eigenvalue weighted by molar-refractivity contribution is 0.0850. The zero-order valence-electron chi connectivity index (χ0n) is 16.2. The first-order valence-corrected chi connectivity index (χ1v) is 9.35. The van der Waals surface area contributed by atoms with E-state index in [1.165, 1.54) is 0 Å². The molecule has 0 N–H and O–H groups in total. The molecule has 5 heteroatoms. The van der Waals surface area contributed by atoms with Gasteiger partial charge in [0.2, 0.25) is 0 Å². The van der Waals surface area contributed by atoms with Gasteiger partial charge in [-0.1, -0.05) is 18.2 Å². The predicted molar refractivity (Wildman–Crippen MR) is 105 cm³/mol. The Morgan fingerprint density at radius 2 is 1.85 bits per heavy atom. The van der Waals surface area contributed by atoms with Crippen LogP contribution in [0.3, 0.4) is 0 Å². The summed E-state index contributed by atoms with van der Waals surface area (Å²) in [5.74, 6) is 0.627. The van der Waals surface area contributed by atoms with E-state index in [0.29, 0.717) is 22.7 Å². The van der Waals surface area contributed by atoms with Gasteiger partial charge >= 0.3 is 0 Å². The molecule has 0 radical (unpaired) electrons. The van der Waals surface area contributed by atoms with Crippen LogP contribution in [0.25, 0.3) is 0 Å². The Morgan fingerprint density at radius 3 is 2.56 bits per heavy atom. The van der Waals surface area contributed by atoms with E-state index in [2.05, 4.69) is 16.9 Å². The summed E-state index contributed by atoms with van der Waals surface area (Å²) in [6.45, 7) is 3.76. The molecule has 27 heavy (non-hydrogen) atoms. The standard InChI is InChI=1S/C22H26N2O3/c1-15-6-4-9-20(27-3)21(15)19(25)14-17-7-5-8-18(23-17)22(26)16-10-12-24(2)13-11-16/h4-9,16H,10-14H2,1-3H3. The molecule has 1 aliphatic rings. The predicted octanol–water partition coefficient (Wildman–Crippen LogP) is 3.35. The lowest BCUT2D eigenvalue weighted by Crippen LogP contribution is -2.33. The third-order valence-corrected chi connectivity index (χ3v) is 5.22. The number of benzene rings is 1. The smallest absolute Gasteiger partial charge is 0.184 e. The van der Waals surface area contributed by atoms with E-state index in [-0.39, 0.29) is 23.9 Å². The number of Topliss-reactive ketones (excluding diaryl/α,β-unsaturated/α-hetero) is 2. The molecule has 142 valence electrons. The van der Waals surface area contributed by atoms with Crippen LogP contribution < -0.4 is 4.74 Å². The molecule has 3 rings (SSSR count). The Balaban J connectivity index is 1.76. The minimum absolute atomic E-state index is 0.0242. The molecule has 0 amide bonds. The van der Waals surface area contributed by atoms with Crippen molar-refractivity contribution in [3.05, 3.63) is 58.9 Å². The molecule has 2 aromatic rings. The summed E-state index contributed by atoms with van der Waals surface area (Å²) < 4.78 is 5.34. The number of nitrogens with zero attached hydrogens (tertiary/aromatic N) is 2. The van der Waals surface area contributed by atoms with Gasteiger partial charge in [0, 0.05) is 11.6 Å². The van der Waals surface area contributed by atoms with E-state index in [9.17, 15) is 9.59 Å². The van der Waals surface area contributed by atoms with Crippen LogP contribution in [0.15, 0.2) is 36.4 Å². The summed E-state index contributed by atoms with van der Waals surface area (Å²) in [6, 6.07) is 10.9. The van der Waals surface area contributed by atoms with Crippen LogP contribution in [-0.4, -0.2) is 48.7 Å². The summed E-state index contributed by atoms with van der Waals surface area (Å²) >= 11 is 0. The molecule has 1 fully saturated rings. The Kier molecular flexibility index (Phi) is 6.01. The Hall–Kier alpha value is -2.53. The lowest BCUT2D eigenvalue weighted by Gasteiger charge is -2.27. The number of likely N-dealkylation sites (tertiary alicyclic amines) is 1. The van der Waals surface area contributed by atoms with Gasteiger partial charge < -0.3 is 9.64 Å². The number of piperidine rings is 1. The molecule has 1 aliphatic heterocycles. The molecule has 0 aliphatic carbocycles. The van der Waals surface area contributed by atoms with Crippen molar-refractivity contribution in [1.82, 2.24) is 9.88 Å². The van der Waals surface area contributed by atoms with Crippen molar-refractivity contribution in [3.8, 4) is 5.75 Å². The fraction of sp³-hybridized carbons (Fsp3) is 0.409. The summed E-state index contributed by atoms with van der Waals surface area (Å²) in [5.41, 5.74) is 2.53. The van der Waals surface area contributed by atoms with Crippen molar-refractivity contribution < 1.29 is 14.3 Å². The van der Waals surface area contributed by atoms with Crippen molar-refractivity contribution in [2.45, 2.75) is 26.2 Å². The zero-order valence-corrected chi connectivity index (χ0v) is 16.2. The van der Waals surface area contributed by atoms with Gasteiger partial charge in [-0.05, 0) is 63.7 Å². The number of ketones is 2. The molecule has 0 spiro atoms. The van der Waals surface area contributed by atoms with Gasteiger partial charge in [-0.25, -0.2) is 4.98 Å². The highest BCUT2D eigenvalue weighted by atomic mass is 16.5. The van der Waals surface area contributed by atoms with Crippen molar-refractivity contribution in [3.63, 3.8) is 0 Å². The van der Waals surface area contributed by atoms with Crippen LogP contribution in [0.2, 0.25) is 0 Å². The first kappa shape index (κ1) is 19.2. The number of hydrogen-bond acceptors (Lipinski definition) is 5. The largest absolute Gasteiger partial charge is 0.496 e. The number of aryl methyl sites for hydroxylation is 1. The summed E-state index contributed by atoms with van der Waals surface area (Å²) in [4.78, 5) is 32.3. The highest BCUT2D eigenvalue weighted by Gasteiger charge is 2.25. The second kappa shape index (κ2) is 8.44. The van der Waals surface area contributed by atoms with Gasteiger partial charge in [0.25, 0.3) is 0 Å². The number of ether oxygens (including phenoxy) is 1. The second-order valence-corrected chi connectivity index (χ2v) is 7.21. The molecular formula is C22H26N2O3. The SMILES string of the molecule is COc1cccc(C)c1C(=O)Cc1cccc(C(=O)C2CCN(C)CC2)n1. The third kappa shape index (κ3) is 4.42. The molecule has 0 saturated carbocycles. The van der Waals surface area contributed by atoms with Crippen LogP contribution in [0.4, 0.5) is 0 Å². The van der Waals surface area contributed by atoms with Gasteiger partial charge in [-0.3, -0.25) is 9.59 Å². The van der Waals surface area contributed by atoms with E-state index in [1.807, 2.05) is 25.1 Å². The van der Waals surface area contributed by atoms with E-state index < -0.39 is 0 Å². The Labute approximate surface area is 160 Å². The van der Waals surface area contributed by atoms with E-state index in [1.54, 1.807) is 25.3 Å². The monoisotopic (exact) mass is 366 g/mol. The summed E-state index contributed by atoms with van der Waals surface area (Å²) in [5, 5.41) is 0. The first-order chi connectivity index (χ1) is 13.0. The van der Waals surface area contributed by atoms with E-state index >= 15 is 0 Å². The number of methoxy groups -OCH3 is 1. The highest BCUT2D eigenvalue weighted by molar-refractivity contribution is 6.01. The molecule has 0 bridgehead atoms. The summed E-state index contributed by atoms with van der Waals surface area (Å²) in [7, 11) is 3.63. The molecule has 0 unspecified atom stereocenters. The topological polar surface area (TPSA) is 59.5 Å². The number of aromatic nitrogens is 1. The van der Waals surface area contributed by atoms with Crippen molar-refractivity contribution in [2.75, 3.05) is 27.2 Å². The number of carbonyl (C=O) groups is 2. The number of rotatable bonds is 6. The van der Waals surface area contributed by atoms with Gasteiger partial charge in [0.15, 0.2) is 11.6 Å². The number of hydrogen-bond donors (Lipinski definition) is 0. The van der Waals surface area contributed by atoms with Gasteiger partial charge in [0.05, 0.1) is 19.1 Å². The summed E-state index contributed by atoms with van der Waals surface area (Å²) in [6.07, 6.45) is 1.87. The van der Waals surface area contributed by atoms with Crippen LogP contribution in [0.5, 0.6) is 5.75 Å². The maximum Gasteiger partial charge on any atom is 0.184 e. The van der Waals surface area contributed by atoms with Gasteiger partial charge in [-0.2, -0.15) is 0 Å². The maximum atomic E-state index is 12.8. The van der Waals surface area contributed by atoms with Gasteiger partial charge in [0.1, 0.15) is 11.4 Å². The zero-order chi connectivity index (χ0) is 19.4. The highest BCUT2D eigenvalue weighted by Crippen LogP contribution is 2.24. The quantitative estimate of drug-likeness (QED) is 0.734. The maximum absolute atomic E-state index is 12.8. The van der Waals surface area contributed by atoms with Crippen LogP contribution in [-0.2, 0) is 6.42 Å². The normalized spacial score (nSPS) is 15.5. The molecule has 2 heterocycles. The van der Waals surface area contributed by atoms with Gasteiger partial charge in [-0.15, -0.1) is 0 Å². The van der Waals surface area contributed by atoms with Crippen LogP contribution >= 0.6 is 0 Å². The van der Waals surface area contributed by atoms with Crippen LogP contribution in [0.1, 0.15) is 44.9 Å². The lowest BCUT2D eigenvalue weighted by atomic mass is 9.91. The average Bonchev–Trinajstić information content (AvgIpc) is 2.67. The average molecular weight is 366 g/mol. The molecule has 1 saturated heterocycles. The molecule has 5 nitrogen and oxygen atoms in total. The third-order valence-electron chi connectivity index (χ3n) is 5.22. The molecule has 0 atom stereocenters. The first-order valence-electron chi connectivity index (χ1n) is 9.35. The minimum Gasteiger partial charge on any atom is -0.496 e. The molecule has 1 aromatic carbocycles. The van der Waals surface area contributed by atoms with Crippen molar-refractivity contribution in [2.24, 2.45) is 5.92 Å². The van der Waals surface area contributed by atoms with Crippen LogP contribution in [0, 0.1) is 12.8 Å². The Morgan fingerprint density at radius 1 is 1.15 bits per heavy atom. The van der Waals surface area contributed by atoms with E-state index in [4.69, 9.17) is 4.74 Å². The fourth-order valence-electron chi connectivity index (χ4n) is 3.62. The number of carbonyl (C=O) groups excluding carboxylic acids is 2.